The molecule has 0 fully saturated rings. The number of aromatic nitrogens is 2. The van der Waals surface area contributed by atoms with Crippen molar-refractivity contribution in [1.29, 1.82) is 0 Å². The zero-order valence-corrected chi connectivity index (χ0v) is 15.3. The van der Waals surface area contributed by atoms with E-state index in [1.165, 1.54) is 12.3 Å². The Labute approximate surface area is 154 Å². The van der Waals surface area contributed by atoms with Crippen LogP contribution in [0.5, 0.6) is 5.75 Å². The molecule has 11 heteroatoms. The van der Waals surface area contributed by atoms with Crippen LogP contribution in [0.2, 0.25) is 0 Å². The largest absolute Gasteiger partial charge is 0.484 e. The van der Waals surface area contributed by atoms with Gasteiger partial charge in [0.05, 0.1) is 18.2 Å². The van der Waals surface area contributed by atoms with Crippen molar-refractivity contribution < 1.29 is 28.7 Å². The van der Waals surface area contributed by atoms with Gasteiger partial charge in [-0.05, 0) is 32.9 Å². The summed E-state index contributed by atoms with van der Waals surface area (Å²) in [5.41, 5.74) is -0.908. The smallest absolute Gasteiger partial charge is 0.408 e. The highest BCUT2D eigenvalue weighted by Gasteiger charge is 2.28. The molecule has 1 heterocycles. The second-order valence-corrected chi connectivity index (χ2v) is 6.54. The number of H-pyrrole nitrogens is 1. The van der Waals surface area contributed by atoms with Crippen LogP contribution in [0.15, 0.2) is 18.3 Å². The van der Waals surface area contributed by atoms with Crippen molar-refractivity contribution in [3.8, 4) is 5.75 Å². The lowest BCUT2D eigenvalue weighted by molar-refractivity contribution is -0.384. The van der Waals surface area contributed by atoms with E-state index >= 15 is 0 Å². The molecule has 0 radical (unpaired) electrons. The molecule has 0 aliphatic rings. The minimum atomic E-state index is -1.22. The SMILES string of the molecule is COC(=O)C(COc1ccc2cn[nH]c2c1[N+](=O)[O-])NC(=O)OC(C)(C)C. The van der Waals surface area contributed by atoms with Gasteiger partial charge in [-0.25, -0.2) is 9.59 Å². The number of alkyl carbamates (subject to hydrolysis) is 1. The van der Waals surface area contributed by atoms with Crippen LogP contribution >= 0.6 is 0 Å². The molecule has 1 amide bonds. The second kappa shape index (κ2) is 7.89. The third-order valence-corrected chi connectivity index (χ3v) is 3.32. The van der Waals surface area contributed by atoms with E-state index in [2.05, 4.69) is 20.3 Å². The quantitative estimate of drug-likeness (QED) is 0.439. The maximum atomic E-state index is 11.9. The van der Waals surface area contributed by atoms with Gasteiger partial charge in [0, 0.05) is 5.39 Å². The average molecular weight is 380 g/mol. The summed E-state index contributed by atoms with van der Waals surface area (Å²) < 4.78 is 15.1. The standard InChI is InChI=1S/C16H20N4O7/c1-16(2,3)27-15(22)18-10(14(21)25-4)8-26-11-6-5-9-7-17-19-12(9)13(11)20(23)24/h5-7,10H,8H2,1-4H3,(H,17,19)(H,18,22). The van der Waals surface area contributed by atoms with Gasteiger partial charge in [0.1, 0.15) is 17.7 Å². The number of rotatable bonds is 6. The molecule has 0 bridgehead atoms. The molecule has 1 aromatic heterocycles. The first kappa shape index (κ1) is 19.9. The zero-order valence-electron chi connectivity index (χ0n) is 15.3. The van der Waals surface area contributed by atoms with Gasteiger partial charge < -0.3 is 19.5 Å². The predicted octanol–water partition coefficient (Wildman–Crippen LogP) is 1.92. The minimum absolute atomic E-state index is 0.0864. The Balaban J connectivity index is 2.18. The van der Waals surface area contributed by atoms with Gasteiger partial charge in [0.15, 0.2) is 11.8 Å². The van der Waals surface area contributed by atoms with E-state index in [0.29, 0.717) is 5.39 Å². The topological polar surface area (TPSA) is 146 Å². The summed E-state index contributed by atoms with van der Waals surface area (Å²) in [6.07, 6.45) is 0.591. The molecule has 1 aromatic carbocycles. The van der Waals surface area contributed by atoms with Gasteiger partial charge in [-0.1, -0.05) is 0 Å². The monoisotopic (exact) mass is 380 g/mol. The molecule has 27 heavy (non-hydrogen) atoms. The summed E-state index contributed by atoms with van der Waals surface area (Å²) in [6.45, 7) is 4.60. The number of carbonyl (C=O) groups excluding carboxylic acids is 2. The number of ether oxygens (including phenoxy) is 3. The third-order valence-electron chi connectivity index (χ3n) is 3.32. The highest BCUT2D eigenvalue weighted by atomic mass is 16.6. The minimum Gasteiger partial charge on any atom is -0.484 e. The lowest BCUT2D eigenvalue weighted by Crippen LogP contribution is -2.47. The number of nitrogens with zero attached hydrogens (tertiary/aromatic N) is 2. The van der Waals surface area contributed by atoms with Crippen LogP contribution < -0.4 is 10.1 Å². The summed E-state index contributed by atoms with van der Waals surface area (Å²) in [5, 5.41) is 20.6. The summed E-state index contributed by atoms with van der Waals surface area (Å²) in [7, 11) is 1.14. The van der Waals surface area contributed by atoms with Crippen LogP contribution in [0.1, 0.15) is 20.8 Å². The van der Waals surface area contributed by atoms with Crippen molar-refractivity contribution in [2.75, 3.05) is 13.7 Å². The molecular formula is C16H20N4O7. The fourth-order valence-corrected chi connectivity index (χ4v) is 2.21. The molecule has 1 unspecified atom stereocenters. The second-order valence-electron chi connectivity index (χ2n) is 6.54. The maximum Gasteiger partial charge on any atom is 0.408 e. The number of nitro benzene ring substituents is 1. The van der Waals surface area contributed by atoms with Gasteiger partial charge in [-0.3, -0.25) is 15.2 Å². The Morgan fingerprint density at radius 1 is 1.37 bits per heavy atom. The van der Waals surface area contributed by atoms with E-state index in [1.807, 2.05) is 0 Å². The van der Waals surface area contributed by atoms with Crippen LogP contribution in [-0.4, -0.2) is 52.5 Å². The third kappa shape index (κ3) is 5.06. The van der Waals surface area contributed by atoms with E-state index < -0.39 is 35.2 Å². The van der Waals surface area contributed by atoms with Crippen molar-refractivity contribution in [3.05, 3.63) is 28.4 Å². The van der Waals surface area contributed by atoms with Crippen LogP contribution in [0.25, 0.3) is 10.9 Å². The number of hydrogen-bond acceptors (Lipinski definition) is 8. The predicted molar refractivity (Wildman–Crippen MR) is 93.4 cm³/mol. The number of esters is 1. The van der Waals surface area contributed by atoms with Crippen molar-refractivity contribution >= 4 is 28.7 Å². The molecular weight excluding hydrogens is 360 g/mol. The molecule has 11 nitrogen and oxygen atoms in total. The van der Waals surface area contributed by atoms with E-state index in [1.54, 1.807) is 26.8 Å². The molecule has 0 saturated heterocycles. The lowest BCUT2D eigenvalue weighted by Gasteiger charge is -2.22. The number of methoxy groups -OCH3 is 1. The number of nitrogens with one attached hydrogen (secondary N) is 2. The first-order valence-corrected chi connectivity index (χ1v) is 7.93. The maximum absolute atomic E-state index is 11.9. The van der Waals surface area contributed by atoms with E-state index in [9.17, 15) is 19.7 Å². The fraction of sp³-hybridized carbons (Fsp3) is 0.438. The molecule has 0 saturated carbocycles. The van der Waals surface area contributed by atoms with Crippen LogP contribution in [0.4, 0.5) is 10.5 Å². The van der Waals surface area contributed by atoms with Gasteiger partial charge >= 0.3 is 17.7 Å². The Bertz CT molecular complexity index is 856. The molecule has 2 rings (SSSR count). The first-order chi connectivity index (χ1) is 12.6. The first-order valence-electron chi connectivity index (χ1n) is 7.93. The molecule has 2 aromatic rings. The summed E-state index contributed by atoms with van der Waals surface area (Å²) in [5.74, 6) is -0.872. The van der Waals surface area contributed by atoms with Crippen LogP contribution in [-0.2, 0) is 14.3 Å². The van der Waals surface area contributed by atoms with Gasteiger partial charge in [-0.15, -0.1) is 0 Å². The fourth-order valence-electron chi connectivity index (χ4n) is 2.21. The number of benzene rings is 1. The Morgan fingerprint density at radius 3 is 2.67 bits per heavy atom. The number of fused-ring (bicyclic) bond motifs is 1. The van der Waals surface area contributed by atoms with E-state index in [-0.39, 0.29) is 17.0 Å². The number of aromatic amines is 1. The normalized spacial score (nSPS) is 12.3. The molecule has 2 N–H and O–H groups in total. The van der Waals surface area contributed by atoms with Crippen LogP contribution in [0.3, 0.4) is 0 Å². The lowest BCUT2D eigenvalue weighted by atomic mass is 10.2. The zero-order chi connectivity index (χ0) is 20.2. The summed E-state index contributed by atoms with van der Waals surface area (Å²) >= 11 is 0. The Morgan fingerprint density at radius 2 is 2.07 bits per heavy atom. The van der Waals surface area contributed by atoms with E-state index in [0.717, 1.165) is 7.11 Å². The van der Waals surface area contributed by atoms with Gasteiger partial charge in [-0.2, -0.15) is 5.10 Å². The van der Waals surface area contributed by atoms with Gasteiger partial charge in [0.2, 0.25) is 0 Å². The molecule has 1 atom stereocenters. The molecule has 0 aliphatic carbocycles. The van der Waals surface area contributed by atoms with Crippen molar-refractivity contribution in [3.63, 3.8) is 0 Å². The van der Waals surface area contributed by atoms with Gasteiger partial charge in [0.25, 0.3) is 0 Å². The summed E-state index contributed by atoms with van der Waals surface area (Å²) in [6, 6.07) is 1.75. The summed E-state index contributed by atoms with van der Waals surface area (Å²) in [4.78, 5) is 34.6. The number of carbonyl (C=O) groups is 2. The van der Waals surface area contributed by atoms with Crippen molar-refractivity contribution in [2.24, 2.45) is 0 Å². The number of hydrogen-bond donors (Lipinski definition) is 2. The number of nitro groups is 1. The van der Waals surface area contributed by atoms with Crippen molar-refractivity contribution in [1.82, 2.24) is 15.5 Å². The number of amides is 1. The van der Waals surface area contributed by atoms with E-state index in [4.69, 9.17) is 9.47 Å². The Hall–Kier alpha value is -3.37. The molecule has 0 aliphatic heterocycles. The van der Waals surface area contributed by atoms with Crippen molar-refractivity contribution in [2.45, 2.75) is 32.4 Å². The Kier molecular flexibility index (Phi) is 5.83. The average Bonchev–Trinajstić information content (AvgIpc) is 3.03. The van der Waals surface area contributed by atoms with Crippen LogP contribution in [0, 0.1) is 10.1 Å². The molecule has 0 spiro atoms. The molecule has 146 valence electrons. The highest BCUT2D eigenvalue weighted by Crippen LogP contribution is 2.33. The highest BCUT2D eigenvalue weighted by molar-refractivity contribution is 5.89.